The number of carbonyl (C=O) groups is 1. The second kappa shape index (κ2) is 5.16. The van der Waals surface area contributed by atoms with Crippen molar-refractivity contribution in [3.63, 3.8) is 0 Å². The van der Waals surface area contributed by atoms with E-state index in [4.69, 9.17) is 4.42 Å². The minimum absolute atomic E-state index is 0.00144. The number of nitrogens with one attached hydrogen (secondary N) is 1. The van der Waals surface area contributed by atoms with Crippen LogP contribution in [0.4, 0.5) is 0 Å². The van der Waals surface area contributed by atoms with E-state index < -0.39 is 0 Å². The fourth-order valence-corrected chi connectivity index (χ4v) is 2.94. The van der Waals surface area contributed by atoms with Gasteiger partial charge in [-0.3, -0.25) is 4.79 Å². The molecule has 104 valence electrons. The van der Waals surface area contributed by atoms with Crippen LogP contribution in [0, 0.1) is 13.8 Å². The molecule has 0 fully saturated rings. The molecule has 1 heterocycles. The van der Waals surface area contributed by atoms with E-state index in [1.165, 1.54) is 5.56 Å². The summed E-state index contributed by atoms with van der Waals surface area (Å²) in [5.41, 5.74) is 4.08. The van der Waals surface area contributed by atoms with Gasteiger partial charge in [-0.25, -0.2) is 0 Å². The molecule has 0 aliphatic heterocycles. The van der Waals surface area contributed by atoms with Crippen LogP contribution in [0.1, 0.15) is 51.7 Å². The van der Waals surface area contributed by atoms with E-state index in [1.807, 2.05) is 38.1 Å². The second-order valence-corrected chi connectivity index (χ2v) is 5.54. The van der Waals surface area contributed by atoms with Crippen molar-refractivity contribution in [1.29, 1.82) is 0 Å². The van der Waals surface area contributed by atoms with E-state index in [2.05, 4.69) is 5.32 Å². The minimum Gasteiger partial charge on any atom is -0.469 e. The van der Waals surface area contributed by atoms with Crippen LogP contribution >= 0.6 is 0 Å². The monoisotopic (exact) mass is 269 g/mol. The average Bonchev–Trinajstić information content (AvgIpc) is 2.87. The van der Waals surface area contributed by atoms with E-state index >= 15 is 0 Å². The molecule has 1 aliphatic rings. The topological polar surface area (TPSA) is 42.2 Å². The van der Waals surface area contributed by atoms with E-state index in [9.17, 15) is 4.79 Å². The molecular formula is C17H19NO2. The summed E-state index contributed by atoms with van der Waals surface area (Å²) >= 11 is 0. The number of furan rings is 1. The summed E-state index contributed by atoms with van der Waals surface area (Å²) in [5.74, 6) is 1.02. The van der Waals surface area contributed by atoms with Gasteiger partial charge in [0.15, 0.2) is 0 Å². The lowest BCUT2D eigenvalue weighted by molar-refractivity contribution is 0.0931. The van der Waals surface area contributed by atoms with Crippen LogP contribution < -0.4 is 5.32 Å². The van der Waals surface area contributed by atoms with Crippen LogP contribution in [0.25, 0.3) is 0 Å². The molecule has 0 saturated heterocycles. The Morgan fingerprint density at radius 1 is 1.30 bits per heavy atom. The van der Waals surface area contributed by atoms with Gasteiger partial charge < -0.3 is 9.73 Å². The number of rotatable bonds is 2. The molecule has 3 nitrogen and oxygen atoms in total. The largest absolute Gasteiger partial charge is 0.469 e. The van der Waals surface area contributed by atoms with Gasteiger partial charge in [-0.05, 0) is 44.4 Å². The van der Waals surface area contributed by atoms with Gasteiger partial charge >= 0.3 is 0 Å². The molecule has 20 heavy (non-hydrogen) atoms. The first-order valence-electron chi connectivity index (χ1n) is 7.09. The lowest BCUT2D eigenvalue weighted by Gasteiger charge is -2.23. The SMILES string of the molecule is Cc1ccc(C(=O)NC2CCCc3occc32)c(C)c1. The Balaban J connectivity index is 1.81. The van der Waals surface area contributed by atoms with Gasteiger partial charge in [0.1, 0.15) is 5.76 Å². The van der Waals surface area contributed by atoms with Crippen molar-refractivity contribution < 1.29 is 9.21 Å². The lowest BCUT2D eigenvalue weighted by Crippen LogP contribution is -2.30. The Labute approximate surface area is 119 Å². The van der Waals surface area contributed by atoms with Gasteiger partial charge in [0.2, 0.25) is 0 Å². The van der Waals surface area contributed by atoms with E-state index in [0.717, 1.165) is 41.7 Å². The zero-order valence-corrected chi connectivity index (χ0v) is 11.9. The third kappa shape index (κ3) is 2.36. The number of hydrogen-bond donors (Lipinski definition) is 1. The summed E-state index contributed by atoms with van der Waals surface area (Å²) in [6.45, 7) is 4.01. The highest BCUT2D eigenvalue weighted by molar-refractivity contribution is 5.96. The van der Waals surface area contributed by atoms with Crippen LogP contribution in [0.3, 0.4) is 0 Å². The zero-order chi connectivity index (χ0) is 14.1. The van der Waals surface area contributed by atoms with Crippen molar-refractivity contribution in [3.8, 4) is 0 Å². The maximum absolute atomic E-state index is 12.4. The molecule has 1 aromatic heterocycles. The van der Waals surface area contributed by atoms with E-state index in [0.29, 0.717) is 0 Å². The number of aryl methyl sites for hydroxylation is 3. The molecule has 0 bridgehead atoms. The Bertz CT molecular complexity index is 642. The number of fused-ring (bicyclic) bond motifs is 1. The Morgan fingerprint density at radius 3 is 2.95 bits per heavy atom. The summed E-state index contributed by atoms with van der Waals surface area (Å²) in [5, 5.41) is 3.14. The summed E-state index contributed by atoms with van der Waals surface area (Å²) in [4.78, 5) is 12.4. The maximum Gasteiger partial charge on any atom is 0.252 e. The van der Waals surface area contributed by atoms with Gasteiger partial charge in [-0.2, -0.15) is 0 Å². The van der Waals surface area contributed by atoms with Crippen molar-refractivity contribution in [3.05, 3.63) is 58.5 Å². The highest BCUT2D eigenvalue weighted by Gasteiger charge is 2.24. The normalized spacial score (nSPS) is 17.6. The van der Waals surface area contributed by atoms with Crippen LogP contribution in [0.15, 0.2) is 34.9 Å². The molecule has 1 amide bonds. The quantitative estimate of drug-likeness (QED) is 0.903. The van der Waals surface area contributed by atoms with Crippen molar-refractivity contribution in [1.82, 2.24) is 5.32 Å². The molecule has 2 aromatic rings. The number of carbonyl (C=O) groups excluding carboxylic acids is 1. The molecule has 1 aliphatic carbocycles. The first kappa shape index (κ1) is 13.0. The lowest BCUT2D eigenvalue weighted by atomic mass is 9.93. The van der Waals surface area contributed by atoms with Gasteiger partial charge in [0.25, 0.3) is 5.91 Å². The second-order valence-electron chi connectivity index (χ2n) is 5.54. The molecule has 1 atom stereocenters. The van der Waals surface area contributed by atoms with Gasteiger partial charge in [-0.1, -0.05) is 17.7 Å². The molecule has 3 heteroatoms. The van der Waals surface area contributed by atoms with Crippen LogP contribution in [-0.2, 0) is 6.42 Å². The van der Waals surface area contributed by atoms with Crippen molar-refractivity contribution in [2.24, 2.45) is 0 Å². The first-order chi connectivity index (χ1) is 9.65. The fourth-order valence-electron chi connectivity index (χ4n) is 2.94. The molecule has 0 saturated carbocycles. The molecule has 1 unspecified atom stereocenters. The Morgan fingerprint density at radius 2 is 2.15 bits per heavy atom. The summed E-state index contributed by atoms with van der Waals surface area (Å²) in [6, 6.07) is 7.97. The van der Waals surface area contributed by atoms with Crippen molar-refractivity contribution in [2.45, 2.75) is 39.2 Å². The molecular weight excluding hydrogens is 250 g/mol. The molecule has 1 aromatic carbocycles. The minimum atomic E-state index is 0.00144. The highest BCUT2D eigenvalue weighted by Crippen LogP contribution is 2.30. The smallest absolute Gasteiger partial charge is 0.252 e. The molecule has 3 rings (SSSR count). The number of amides is 1. The standard InChI is InChI=1S/C17H19NO2/c1-11-6-7-13(12(2)10-11)17(19)18-15-4-3-5-16-14(15)8-9-20-16/h6-10,15H,3-5H2,1-2H3,(H,18,19). The Hall–Kier alpha value is -2.03. The van der Waals surface area contributed by atoms with Crippen LogP contribution in [0.2, 0.25) is 0 Å². The number of hydrogen-bond acceptors (Lipinski definition) is 2. The Kier molecular flexibility index (Phi) is 3.35. The zero-order valence-electron chi connectivity index (χ0n) is 11.9. The van der Waals surface area contributed by atoms with E-state index in [-0.39, 0.29) is 11.9 Å². The first-order valence-corrected chi connectivity index (χ1v) is 7.09. The van der Waals surface area contributed by atoms with Crippen molar-refractivity contribution >= 4 is 5.91 Å². The highest BCUT2D eigenvalue weighted by atomic mass is 16.3. The third-order valence-corrected chi connectivity index (χ3v) is 3.98. The summed E-state index contributed by atoms with van der Waals surface area (Å²) in [6.07, 6.45) is 4.71. The van der Waals surface area contributed by atoms with Gasteiger partial charge in [0.05, 0.1) is 12.3 Å². The predicted octanol–water partition coefficient (Wildman–Crippen LogP) is 3.70. The average molecular weight is 269 g/mol. The molecule has 0 radical (unpaired) electrons. The molecule has 0 spiro atoms. The van der Waals surface area contributed by atoms with Gasteiger partial charge in [-0.15, -0.1) is 0 Å². The van der Waals surface area contributed by atoms with Gasteiger partial charge in [0, 0.05) is 17.5 Å². The molecule has 1 N–H and O–H groups in total. The predicted molar refractivity (Wildman–Crippen MR) is 77.8 cm³/mol. The summed E-state index contributed by atoms with van der Waals surface area (Å²) < 4.78 is 5.46. The third-order valence-electron chi connectivity index (χ3n) is 3.98. The number of benzene rings is 1. The van der Waals surface area contributed by atoms with Crippen molar-refractivity contribution in [2.75, 3.05) is 0 Å². The van der Waals surface area contributed by atoms with Crippen LogP contribution in [-0.4, -0.2) is 5.91 Å². The van der Waals surface area contributed by atoms with Crippen LogP contribution in [0.5, 0.6) is 0 Å². The van der Waals surface area contributed by atoms with E-state index in [1.54, 1.807) is 6.26 Å². The maximum atomic E-state index is 12.4. The summed E-state index contributed by atoms with van der Waals surface area (Å²) in [7, 11) is 0. The fraction of sp³-hybridized carbons (Fsp3) is 0.353.